The Morgan fingerprint density at radius 1 is 1.32 bits per heavy atom. The first-order valence-corrected chi connectivity index (χ1v) is 6.96. The molecule has 0 spiro atoms. The minimum Gasteiger partial charge on any atom is -0.482 e. The molecule has 7 nitrogen and oxygen atoms in total. The molecule has 1 saturated heterocycles. The number of aliphatic hydroxyl groups is 1. The Hall–Kier alpha value is -1.64. The fourth-order valence-electron chi connectivity index (χ4n) is 1.61. The van der Waals surface area contributed by atoms with Crippen molar-refractivity contribution in [3.63, 3.8) is 0 Å². The van der Waals surface area contributed by atoms with Gasteiger partial charge >= 0.3 is 5.97 Å². The van der Waals surface area contributed by atoms with Crippen LogP contribution in [0.25, 0.3) is 0 Å². The Kier molecular flexibility index (Phi) is 3.74. The lowest BCUT2D eigenvalue weighted by atomic mass is 10.2. The van der Waals surface area contributed by atoms with Gasteiger partial charge in [0, 0.05) is 13.1 Å². The number of ether oxygens (including phenoxy) is 1. The number of carboxylic acids is 1. The largest absolute Gasteiger partial charge is 0.482 e. The van der Waals surface area contributed by atoms with Gasteiger partial charge in [-0.1, -0.05) is 0 Å². The number of benzene rings is 1. The second kappa shape index (κ2) is 5.16. The molecule has 0 radical (unpaired) electrons. The maximum atomic E-state index is 12.0. The molecule has 1 fully saturated rings. The summed E-state index contributed by atoms with van der Waals surface area (Å²) in [5.41, 5.74) is 0. The average Bonchev–Trinajstić information content (AvgIpc) is 2.33. The monoisotopic (exact) mass is 287 g/mol. The molecule has 1 aromatic rings. The molecule has 19 heavy (non-hydrogen) atoms. The maximum absolute atomic E-state index is 12.0. The summed E-state index contributed by atoms with van der Waals surface area (Å²) in [5.74, 6) is -0.823. The Bertz CT molecular complexity index is 561. The molecule has 0 aliphatic carbocycles. The smallest absolute Gasteiger partial charge is 0.341 e. The topological polar surface area (TPSA) is 104 Å². The standard InChI is InChI=1S/C11H13NO6S/c13-8-5-12(6-8)19(16,17)10-3-1-9(2-4-10)18-7-11(14)15/h1-4,8,13H,5-7H2,(H,14,15). The van der Waals surface area contributed by atoms with Gasteiger partial charge in [-0.3, -0.25) is 0 Å². The van der Waals surface area contributed by atoms with Gasteiger partial charge in [-0.25, -0.2) is 13.2 Å². The third-order valence-electron chi connectivity index (χ3n) is 2.65. The third-order valence-corrected chi connectivity index (χ3v) is 4.50. The summed E-state index contributed by atoms with van der Waals surface area (Å²) in [6.45, 7) is -0.288. The van der Waals surface area contributed by atoms with Crippen LogP contribution in [0.3, 0.4) is 0 Å². The van der Waals surface area contributed by atoms with Crippen LogP contribution in [0.5, 0.6) is 5.75 Å². The molecule has 1 aromatic carbocycles. The van der Waals surface area contributed by atoms with Crippen LogP contribution in [0.4, 0.5) is 0 Å². The van der Waals surface area contributed by atoms with E-state index in [4.69, 9.17) is 14.9 Å². The normalized spacial score (nSPS) is 16.9. The van der Waals surface area contributed by atoms with Crippen molar-refractivity contribution in [2.45, 2.75) is 11.0 Å². The van der Waals surface area contributed by atoms with E-state index in [1.807, 2.05) is 0 Å². The van der Waals surface area contributed by atoms with E-state index < -0.39 is 28.7 Å². The Balaban J connectivity index is 2.07. The third kappa shape index (κ3) is 3.03. The first-order valence-electron chi connectivity index (χ1n) is 5.52. The SMILES string of the molecule is O=C(O)COc1ccc(S(=O)(=O)N2CC(O)C2)cc1. The van der Waals surface area contributed by atoms with Gasteiger partial charge in [0.25, 0.3) is 0 Å². The molecule has 2 N–H and O–H groups in total. The summed E-state index contributed by atoms with van der Waals surface area (Å²) < 4.78 is 30.1. The van der Waals surface area contributed by atoms with E-state index >= 15 is 0 Å². The van der Waals surface area contributed by atoms with E-state index in [1.165, 1.54) is 28.6 Å². The zero-order chi connectivity index (χ0) is 14.0. The summed E-state index contributed by atoms with van der Waals surface area (Å²) in [6.07, 6.45) is -0.604. The van der Waals surface area contributed by atoms with E-state index in [0.29, 0.717) is 0 Å². The predicted octanol–water partition coefficient (Wildman–Crippen LogP) is -0.485. The highest BCUT2D eigenvalue weighted by molar-refractivity contribution is 7.89. The lowest BCUT2D eigenvalue weighted by Crippen LogP contribution is -2.53. The van der Waals surface area contributed by atoms with Crippen LogP contribution in [-0.4, -0.2) is 54.7 Å². The maximum Gasteiger partial charge on any atom is 0.341 e. The fraction of sp³-hybridized carbons (Fsp3) is 0.364. The highest BCUT2D eigenvalue weighted by atomic mass is 32.2. The Labute approximate surface area is 110 Å². The quantitative estimate of drug-likeness (QED) is 0.757. The zero-order valence-corrected chi connectivity index (χ0v) is 10.7. The van der Waals surface area contributed by atoms with Crippen molar-refractivity contribution in [3.05, 3.63) is 24.3 Å². The van der Waals surface area contributed by atoms with E-state index in [-0.39, 0.29) is 23.7 Å². The second-order valence-corrected chi connectivity index (χ2v) is 6.07. The van der Waals surface area contributed by atoms with Crippen LogP contribution in [0.1, 0.15) is 0 Å². The molecular formula is C11H13NO6S. The van der Waals surface area contributed by atoms with Crippen LogP contribution in [-0.2, 0) is 14.8 Å². The molecule has 0 aromatic heterocycles. The van der Waals surface area contributed by atoms with Gasteiger partial charge in [0.15, 0.2) is 6.61 Å². The number of aliphatic carboxylic acids is 1. The number of carbonyl (C=O) groups is 1. The molecule has 2 rings (SSSR count). The summed E-state index contributed by atoms with van der Waals surface area (Å²) in [4.78, 5) is 10.4. The molecule has 0 unspecified atom stereocenters. The average molecular weight is 287 g/mol. The number of carboxylic acid groups (broad SMARTS) is 1. The molecule has 0 saturated carbocycles. The minimum atomic E-state index is -3.58. The van der Waals surface area contributed by atoms with Crippen molar-refractivity contribution < 1.29 is 28.2 Å². The van der Waals surface area contributed by atoms with Crippen LogP contribution >= 0.6 is 0 Å². The highest BCUT2D eigenvalue weighted by Crippen LogP contribution is 2.23. The summed E-state index contributed by atoms with van der Waals surface area (Å²) in [7, 11) is -3.58. The summed E-state index contributed by atoms with van der Waals surface area (Å²) in [6, 6.07) is 5.48. The van der Waals surface area contributed by atoms with Crippen LogP contribution in [0, 0.1) is 0 Å². The van der Waals surface area contributed by atoms with Crippen molar-refractivity contribution in [1.82, 2.24) is 4.31 Å². The van der Waals surface area contributed by atoms with Gasteiger partial charge in [0.1, 0.15) is 5.75 Å². The Morgan fingerprint density at radius 2 is 1.89 bits per heavy atom. The number of aliphatic hydroxyl groups excluding tert-OH is 1. The number of hydrogen-bond donors (Lipinski definition) is 2. The molecule has 0 bridgehead atoms. The number of hydrogen-bond acceptors (Lipinski definition) is 5. The molecule has 1 heterocycles. The van der Waals surface area contributed by atoms with Crippen molar-refractivity contribution in [2.75, 3.05) is 19.7 Å². The van der Waals surface area contributed by atoms with Crippen molar-refractivity contribution >= 4 is 16.0 Å². The highest BCUT2D eigenvalue weighted by Gasteiger charge is 2.35. The zero-order valence-electron chi connectivity index (χ0n) is 9.89. The van der Waals surface area contributed by atoms with Gasteiger partial charge in [-0.05, 0) is 24.3 Å². The Morgan fingerprint density at radius 3 is 2.37 bits per heavy atom. The second-order valence-electron chi connectivity index (χ2n) is 4.13. The molecule has 8 heteroatoms. The lowest BCUT2D eigenvalue weighted by molar-refractivity contribution is -0.139. The summed E-state index contributed by atoms with van der Waals surface area (Å²) in [5, 5.41) is 17.6. The van der Waals surface area contributed by atoms with Crippen molar-refractivity contribution in [1.29, 1.82) is 0 Å². The summed E-state index contributed by atoms with van der Waals surface area (Å²) >= 11 is 0. The first-order chi connectivity index (χ1) is 8.89. The van der Waals surface area contributed by atoms with E-state index in [0.717, 1.165) is 0 Å². The van der Waals surface area contributed by atoms with E-state index in [9.17, 15) is 13.2 Å². The number of rotatable bonds is 5. The van der Waals surface area contributed by atoms with Crippen molar-refractivity contribution in [3.8, 4) is 5.75 Å². The van der Waals surface area contributed by atoms with Crippen LogP contribution in [0.2, 0.25) is 0 Å². The molecule has 1 aliphatic heterocycles. The number of sulfonamides is 1. The van der Waals surface area contributed by atoms with Crippen LogP contribution in [0.15, 0.2) is 29.2 Å². The number of nitrogens with zero attached hydrogens (tertiary/aromatic N) is 1. The van der Waals surface area contributed by atoms with Crippen molar-refractivity contribution in [2.24, 2.45) is 0 Å². The molecule has 1 aliphatic rings. The van der Waals surface area contributed by atoms with Gasteiger partial charge in [0.05, 0.1) is 11.0 Å². The molecule has 0 atom stereocenters. The van der Waals surface area contributed by atoms with Crippen LogP contribution < -0.4 is 4.74 Å². The first kappa shape index (κ1) is 13.8. The van der Waals surface area contributed by atoms with Gasteiger partial charge in [0.2, 0.25) is 10.0 Å². The molecule has 0 amide bonds. The number of β-amino-alcohol motifs (C(OH)–C–C–N with tert-alkyl or cyclic N) is 1. The van der Waals surface area contributed by atoms with Gasteiger partial charge < -0.3 is 14.9 Å². The van der Waals surface area contributed by atoms with E-state index in [1.54, 1.807) is 0 Å². The molecular weight excluding hydrogens is 274 g/mol. The lowest BCUT2D eigenvalue weighted by Gasteiger charge is -2.34. The predicted molar refractivity (Wildman–Crippen MR) is 64.3 cm³/mol. The van der Waals surface area contributed by atoms with E-state index in [2.05, 4.69) is 0 Å². The van der Waals surface area contributed by atoms with Gasteiger partial charge in [-0.15, -0.1) is 0 Å². The van der Waals surface area contributed by atoms with Gasteiger partial charge in [-0.2, -0.15) is 4.31 Å². The molecule has 104 valence electrons. The minimum absolute atomic E-state index is 0.0853. The fourth-order valence-corrected chi connectivity index (χ4v) is 3.13.